The van der Waals surface area contributed by atoms with Crippen LogP contribution in [0.5, 0.6) is 0 Å². The third-order valence-corrected chi connectivity index (χ3v) is 3.72. The first kappa shape index (κ1) is 12.3. The van der Waals surface area contributed by atoms with Crippen LogP contribution < -0.4 is 0 Å². The molecular formula is C16H21O. The highest BCUT2D eigenvalue weighted by Gasteiger charge is 2.28. The number of carbonyl (C=O) groups is 1. The van der Waals surface area contributed by atoms with E-state index in [0.29, 0.717) is 5.78 Å². The molecule has 1 aliphatic carbocycles. The van der Waals surface area contributed by atoms with Gasteiger partial charge in [0.25, 0.3) is 0 Å². The fourth-order valence-electron chi connectivity index (χ4n) is 2.81. The molecule has 0 saturated heterocycles. The topological polar surface area (TPSA) is 17.1 Å². The van der Waals surface area contributed by atoms with Crippen molar-refractivity contribution in [3.63, 3.8) is 0 Å². The third-order valence-electron chi connectivity index (χ3n) is 3.72. The molecule has 1 radical (unpaired) electrons. The van der Waals surface area contributed by atoms with Crippen LogP contribution in [-0.2, 0) is 4.79 Å². The van der Waals surface area contributed by atoms with Gasteiger partial charge in [0.15, 0.2) is 0 Å². The molecule has 1 fully saturated rings. The molecule has 2 rings (SSSR count). The van der Waals surface area contributed by atoms with Crippen LogP contribution in [0.4, 0.5) is 0 Å². The molecule has 1 aromatic rings. The van der Waals surface area contributed by atoms with Gasteiger partial charge in [-0.05, 0) is 38.2 Å². The number of benzene rings is 1. The Morgan fingerprint density at radius 1 is 1.06 bits per heavy atom. The SMILES string of the molecule is CC(=O)C([C]1CCCCC1)c1ccc(C)cc1. The second-order valence-electron chi connectivity index (χ2n) is 5.17. The zero-order valence-electron chi connectivity index (χ0n) is 10.8. The van der Waals surface area contributed by atoms with E-state index in [4.69, 9.17) is 0 Å². The van der Waals surface area contributed by atoms with Crippen LogP contribution in [-0.4, -0.2) is 5.78 Å². The monoisotopic (exact) mass is 229 g/mol. The molecule has 0 bridgehead atoms. The summed E-state index contributed by atoms with van der Waals surface area (Å²) in [6.07, 6.45) is 6.11. The van der Waals surface area contributed by atoms with Crippen molar-refractivity contribution in [2.75, 3.05) is 0 Å². The number of rotatable bonds is 3. The predicted octanol–water partition coefficient (Wildman–Crippen LogP) is 4.21. The van der Waals surface area contributed by atoms with E-state index in [1.165, 1.54) is 36.3 Å². The van der Waals surface area contributed by atoms with Gasteiger partial charge >= 0.3 is 0 Å². The third kappa shape index (κ3) is 2.96. The van der Waals surface area contributed by atoms with E-state index in [2.05, 4.69) is 31.2 Å². The summed E-state index contributed by atoms with van der Waals surface area (Å²) in [6, 6.07) is 8.44. The number of hydrogen-bond acceptors (Lipinski definition) is 1. The Kier molecular flexibility index (Phi) is 3.98. The molecule has 0 amide bonds. The minimum atomic E-state index is 0.0518. The summed E-state index contributed by atoms with van der Waals surface area (Å²) in [5, 5.41) is 0. The normalized spacial score (nSPS) is 18.9. The van der Waals surface area contributed by atoms with E-state index in [-0.39, 0.29) is 5.92 Å². The van der Waals surface area contributed by atoms with Crippen LogP contribution in [0.3, 0.4) is 0 Å². The molecule has 0 spiro atoms. The lowest BCUT2D eigenvalue weighted by molar-refractivity contribution is -0.118. The fourth-order valence-corrected chi connectivity index (χ4v) is 2.81. The Hall–Kier alpha value is -1.11. The quantitative estimate of drug-likeness (QED) is 0.759. The van der Waals surface area contributed by atoms with Crippen LogP contribution in [0.1, 0.15) is 56.1 Å². The van der Waals surface area contributed by atoms with E-state index >= 15 is 0 Å². The molecule has 1 unspecified atom stereocenters. The number of Topliss-reactive ketones (excluding diaryl/α,β-unsaturated/α-hetero) is 1. The maximum Gasteiger partial charge on any atom is 0.137 e. The average Bonchev–Trinajstić information content (AvgIpc) is 2.33. The van der Waals surface area contributed by atoms with Crippen LogP contribution in [0, 0.1) is 12.8 Å². The smallest absolute Gasteiger partial charge is 0.137 e. The van der Waals surface area contributed by atoms with Gasteiger partial charge in [-0.1, -0.05) is 49.1 Å². The molecule has 1 saturated carbocycles. The number of hydrogen-bond donors (Lipinski definition) is 0. The van der Waals surface area contributed by atoms with Crippen molar-refractivity contribution in [1.82, 2.24) is 0 Å². The van der Waals surface area contributed by atoms with Gasteiger partial charge < -0.3 is 0 Å². The number of ketones is 1. The minimum Gasteiger partial charge on any atom is -0.299 e. The Bertz CT molecular complexity index is 371. The van der Waals surface area contributed by atoms with Crippen molar-refractivity contribution in [2.45, 2.75) is 51.9 Å². The van der Waals surface area contributed by atoms with Gasteiger partial charge in [0, 0.05) is 5.92 Å². The predicted molar refractivity (Wildman–Crippen MR) is 70.9 cm³/mol. The van der Waals surface area contributed by atoms with Gasteiger partial charge in [-0.2, -0.15) is 0 Å². The maximum atomic E-state index is 11.9. The van der Waals surface area contributed by atoms with Crippen LogP contribution in [0.25, 0.3) is 0 Å². The van der Waals surface area contributed by atoms with Crippen molar-refractivity contribution in [3.05, 3.63) is 41.3 Å². The highest BCUT2D eigenvalue weighted by Crippen LogP contribution is 2.38. The van der Waals surface area contributed by atoms with Crippen LogP contribution in [0.2, 0.25) is 0 Å². The van der Waals surface area contributed by atoms with Crippen molar-refractivity contribution >= 4 is 5.78 Å². The molecule has 1 nitrogen and oxygen atoms in total. The van der Waals surface area contributed by atoms with Crippen LogP contribution in [0.15, 0.2) is 24.3 Å². The first-order chi connectivity index (χ1) is 8.18. The van der Waals surface area contributed by atoms with Crippen molar-refractivity contribution in [3.8, 4) is 0 Å². The lowest BCUT2D eigenvalue weighted by Gasteiger charge is -2.28. The summed E-state index contributed by atoms with van der Waals surface area (Å²) in [5.41, 5.74) is 2.43. The Labute approximate surface area is 104 Å². The average molecular weight is 229 g/mol. The zero-order chi connectivity index (χ0) is 12.3. The van der Waals surface area contributed by atoms with E-state index in [1.807, 2.05) is 0 Å². The van der Waals surface area contributed by atoms with Gasteiger partial charge in [-0.3, -0.25) is 4.79 Å². The van der Waals surface area contributed by atoms with Gasteiger partial charge in [0.05, 0.1) is 0 Å². The Morgan fingerprint density at radius 3 is 2.18 bits per heavy atom. The van der Waals surface area contributed by atoms with E-state index in [1.54, 1.807) is 6.92 Å². The molecule has 1 atom stereocenters. The fraction of sp³-hybridized carbons (Fsp3) is 0.500. The number of carbonyl (C=O) groups excluding carboxylic acids is 1. The molecule has 0 N–H and O–H groups in total. The second-order valence-corrected chi connectivity index (χ2v) is 5.17. The Balaban J connectivity index is 2.21. The highest BCUT2D eigenvalue weighted by molar-refractivity contribution is 5.85. The first-order valence-electron chi connectivity index (χ1n) is 6.60. The summed E-state index contributed by atoms with van der Waals surface area (Å²) in [6.45, 7) is 3.81. The lowest BCUT2D eigenvalue weighted by atomic mass is 9.75. The lowest BCUT2D eigenvalue weighted by Crippen LogP contribution is -2.20. The summed E-state index contributed by atoms with van der Waals surface area (Å²) >= 11 is 0. The van der Waals surface area contributed by atoms with E-state index in [0.717, 1.165) is 12.8 Å². The van der Waals surface area contributed by atoms with Gasteiger partial charge in [0.2, 0.25) is 0 Å². The molecular weight excluding hydrogens is 208 g/mol. The minimum absolute atomic E-state index is 0.0518. The van der Waals surface area contributed by atoms with E-state index < -0.39 is 0 Å². The summed E-state index contributed by atoms with van der Waals surface area (Å²) in [7, 11) is 0. The molecule has 1 heteroatoms. The number of aryl methyl sites for hydroxylation is 1. The second kappa shape index (κ2) is 5.48. The summed E-state index contributed by atoms with van der Waals surface area (Å²) in [4.78, 5) is 11.9. The molecule has 17 heavy (non-hydrogen) atoms. The van der Waals surface area contributed by atoms with Crippen molar-refractivity contribution in [1.29, 1.82) is 0 Å². The highest BCUT2D eigenvalue weighted by atomic mass is 16.1. The summed E-state index contributed by atoms with van der Waals surface area (Å²) < 4.78 is 0. The van der Waals surface area contributed by atoms with Crippen LogP contribution >= 0.6 is 0 Å². The molecule has 1 aliphatic rings. The van der Waals surface area contributed by atoms with Gasteiger partial charge in [-0.15, -0.1) is 0 Å². The zero-order valence-corrected chi connectivity index (χ0v) is 10.8. The first-order valence-corrected chi connectivity index (χ1v) is 6.60. The summed E-state index contributed by atoms with van der Waals surface area (Å²) in [5.74, 6) is 1.80. The molecule has 0 aliphatic heterocycles. The maximum absolute atomic E-state index is 11.9. The van der Waals surface area contributed by atoms with Gasteiger partial charge in [0.1, 0.15) is 5.78 Å². The standard InChI is InChI=1S/C16H21O/c1-12-8-10-15(11-9-12)16(13(2)17)14-6-4-3-5-7-14/h8-11,16H,3-7H2,1-2H3. The molecule has 1 aromatic carbocycles. The molecule has 0 heterocycles. The molecule has 0 aromatic heterocycles. The van der Waals surface area contributed by atoms with Crippen molar-refractivity contribution < 1.29 is 4.79 Å². The van der Waals surface area contributed by atoms with Crippen molar-refractivity contribution in [2.24, 2.45) is 0 Å². The largest absolute Gasteiger partial charge is 0.299 e. The molecule has 91 valence electrons. The van der Waals surface area contributed by atoms with Gasteiger partial charge in [-0.25, -0.2) is 0 Å². The Morgan fingerprint density at radius 2 is 1.65 bits per heavy atom. The van der Waals surface area contributed by atoms with E-state index in [9.17, 15) is 4.79 Å².